The van der Waals surface area contributed by atoms with Crippen molar-refractivity contribution in [2.45, 2.75) is 83.1 Å². The van der Waals surface area contributed by atoms with Crippen molar-refractivity contribution in [1.82, 2.24) is 0 Å². The Hall–Kier alpha value is -0.620. The van der Waals surface area contributed by atoms with E-state index in [2.05, 4.69) is 11.9 Å². The molecule has 0 amide bonds. The molecule has 0 aromatic heterocycles. The molecule has 0 aromatic rings. The lowest BCUT2D eigenvalue weighted by Gasteiger charge is -2.39. The molecule has 0 aliphatic heterocycles. The van der Waals surface area contributed by atoms with Crippen LogP contribution >= 0.6 is 0 Å². The van der Waals surface area contributed by atoms with Gasteiger partial charge in [-0.25, -0.2) is 4.79 Å². The van der Waals surface area contributed by atoms with Crippen LogP contribution in [-0.4, -0.2) is 11.6 Å². The summed E-state index contributed by atoms with van der Waals surface area (Å²) in [6.07, 6.45) is 16.3. The van der Waals surface area contributed by atoms with E-state index in [0.29, 0.717) is 5.92 Å². The second-order valence-corrected chi connectivity index (χ2v) is 6.60. The summed E-state index contributed by atoms with van der Waals surface area (Å²) in [5.41, 5.74) is -0.121. The molecular weight excluding hydrogens is 222 g/mol. The molecule has 1 atom stereocenters. The average molecular weight is 249 g/mol. The van der Waals surface area contributed by atoms with Crippen LogP contribution in [0.25, 0.3) is 0 Å². The van der Waals surface area contributed by atoms with Crippen molar-refractivity contribution in [2.75, 3.05) is 0 Å². The molecule has 0 spiro atoms. The molecule has 2 saturated carbocycles. The van der Waals surface area contributed by atoms with Crippen molar-refractivity contribution < 1.29 is 4.79 Å². The van der Waals surface area contributed by atoms with Crippen LogP contribution in [0.3, 0.4) is 0 Å². The monoisotopic (exact) mass is 249 g/mol. The third kappa shape index (κ3) is 3.45. The Morgan fingerprint density at radius 1 is 1.00 bits per heavy atom. The van der Waals surface area contributed by atoms with Crippen LogP contribution in [0.4, 0.5) is 0 Å². The van der Waals surface area contributed by atoms with E-state index in [0.717, 1.165) is 12.3 Å². The van der Waals surface area contributed by atoms with Crippen LogP contribution in [0.15, 0.2) is 4.99 Å². The molecule has 102 valence electrons. The molecule has 1 unspecified atom stereocenters. The average Bonchev–Trinajstić information content (AvgIpc) is 2.41. The normalized spacial score (nSPS) is 26.3. The minimum Gasteiger partial charge on any atom is -0.211 e. The van der Waals surface area contributed by atoms with Gasteiger partial charge in [0.25, 0.3) is 0 Å². The van der Waals surface area contributed by atoms with Crippen LogP contribution in [0, 0.1) is 11.8 Å². The van der Waals surface area contributed by atoms with Gasteiger partial charge in [0.05, 0.1) is 5.54 Å². The van der Waals surface area contributed by atoms with E-state index in [1.165, 1.54) is 64.2 Å². The van der Waals surface area contributed by atoms with E-state index in [9.17, 15) is 4.79 Å². The zero-order valence-corrected chi connectivity index (χ0v) is 11.8. The number of carbonyl (C=O) groups excluding carboxylic acids is 1. The molecule has 2 rings (SSSR count). The van der Waals surface area contributed by atoms with E-state index >= 15 is 0 Å². The zero-order valence-electron chi connectivity index (χ0n) is 11.8. The first-order chi connectivity index (χ1) is 8.74. The predicted octanol–water partition coefficient (Wildman–Crippen LogP) is 4.63. The first-order valence-corrected chi connectivity index (χ1v) is 7.83. The lowest BCUT2D eigenvalue weighted by Crippen LogP contribution is -2.36. The summed E-state index contributed by atoms with van der Waals surface area (Å²) in [5, 5.41) is 0. The topological polar surface area (TPSA) is 29.4 Å². The number of hydrogen-bond donors (Lipinski definition) is 0. The highest BCUT2D eigenvalue weighted by atomic mass is 16.1. The molecular formula is C16H27NO. The summed E-state index contributed by atoms with van der Waals surface area (Å²) in [5.74, 6) is 1.41. The Morgan fingerprint density at radius 2 is 1.56 bits per heavy atom. The standard InChI is InChI=1S/C16H27NO/c1-16(17-13-18,15-10-6-3-7-11-15)12-14-8-4-2-5-9-14/h14-15H,2-12H2,1H3. The number of rotatable bonds is 4. The number of aliphatic imine (C=N–C) groups is 1. The fourth-order valence-corrected chi connectivity index (χ4v) is 4.11. The highest BCUT2D eigenvalue weighted by molar-refractivity contribution is 5.35. The Bertz CT molecular complexity index is 296. The van der Waals surface area contributed by atoms with E-state index in [1.54, 1.807) is 0 Å². The lowest BCUT2D eigenvalue weighted by molar-refractivity contribution is 0.170. The molecule has 2 aliphatic carbocycles. The van der Waals surface area contributed by atoms with Gasteiger partial charge in [-0.15, -0.1) is 0 Å². The van der Waals surface area contributed by atoms with Crippen molar-refractivity contribution in [3.05, 3.63) is 0 Å². The van der Waals surface area contributed by atoms with Crippen molar-refractivity contribution in [3.63, 3.8) is 0 Å². The van der Waals surface area contributed by atoms with Crippen molar-refractivity contribution >= 4 is 6.08 Å². The molecule has 0 aromatic carbocycles. The van der Waals surface area contributed by atoms with Gasteiger partial charge in [-0.05, 0) is 38.0 Å². The smallest absolute Gasteiger partial charge is 0.211 e. The SMILES string of the molecule is CC(CC1CCCCC1)(N=C=O)C1CCCCC1. The zero-order chi connectivity index (χ0) is 12.8. The van der Waals surface area contributed by atoms with Crippen LogP contribution in [0.5, 0.6) is 0 Å². The van der Waals surface area contributed by atoms with E-state index < -0.39 is 0 Å². The summed E-state index contributed by atoms with van der Waals surface area (Å²) in [7, 11) is 0. The first-order valence-electron chi connectivity index (χ1n) is 7.83. The summed E-state index contributed by atoms with van der Waals surface area (Å²) in [4.78, 5) is 15.1. The van der Waals surface area contributed by atoms with Crippen LogP contribution < -0.4 is 0 Å². The fourth-order valence-electron chi connectivity index (χ4n) is 4.11. The second kappa shape index (κ2) is 6.52. The fraction of sp³-hybridized carbons (Fsp3) is 0.938. The van der Waals surface area contributed by atoms with Crippen molar-refractivity contribution in [1.29, 1.82) is 0 Å². The predicted molar refractivity (Wildman–Crippen MR) is 74.3 cm³/mol. The molecule has 2 heteroatoms. The maximum Gasteiger partial charge on any atom is 0.235 e. The van der Waals surface area contributed by atoms with Crippen LogP contribution in [0.1, 0.15) is 77.6 Å². The maximum atomic E-state index is 10.8. The summed E-state index contributed by atoms with van der Waals surface area (Å²) >= 11 is 0. The molecule has 0 heterocycles. The minimum absolute atomic E-state index is 0.121. The van der Waals surface area contributed by atoms with Gasteiger partial charge < -0.3 is 0 Å². The highest BCUT2D eigenvalue weighted by Crippen LogP contribution is 2.41. The number of nitrogens with zero attached hydrogens (tertiary/aromatic N) is 1. The van der Waals surface area contributed by atoms with Gasteiger partial charge in [0.2, 0.25) is 6.08 Å². The van der Waals surface area contributed by atoms with Crippen LogP contribution in [0.2, 0.25) is 0 Å². The summed E-state index contributed by atoms with van der Waals surface area (Å²) in [6.45, 7) is 2.21. The molecule has 0 radical (unpaired) electrons. The summed E-state index contributed by atoms with van der Waals surface area (Å²) < 4.78 is 0. The minimum atomic E-state index is -0.121. The second-order valence-electron chi connectivity index (χ2n) is 6.60. The molecule has 18 heavy (non-hydrogen) atoms. The Kier molecular flexibility index (Phi) is 5.00. The van der Waals surface area contributed by atoms with Gasteiger partial charge in [-0.2, -0.15) is 4.99 Å². The summed E-state index contributed by atoms with van der Waals surface area (Å²) in [6, 6.07) is 0. The van der Waals surface area contributed by atoms with Gasteiger partial charge in [0.1, 0.15) is 0 Å². The highest BCUT2D eigenvalue weighted by Gasteiger charge is 2.37. The Morgan fingerprint density at radius 3 is 2.11 bits per heavy atom. The maximum absolute atomic E-state index is 10.8. The quantitative estimate of drug-likeness (QED) is 0.527. The number of hydrogen-bond acceptors (Lipinski definition) is 2. The third-order valence-corrected chi connectivity index (χ3v) is 5.21. The first kappa shape index (κ1) is 13.8. The Balaban J connectivity index is 2.01. The molecule has 2 nitrogen and oxygen atoms in total. The Labute approximate surface area is 111 Å². The van der Waals surface area contributed by atoms with Crippen molar-refractivity contribution in [3.8, 4) is 0 Å². The van der Waals surface area contributed by atoms with E-state index in [1.807, 2.05) is 6.08 Å². The third-order valence-electron chi connectivity index (χ3n) is 5.21. The van der Waals surface area contributed by atoms with Crippen molar-refractivity contribution in [2.24, 2.45) is 16.8 Å². The molecule has 0 saturated heterocycles. The molecule has 2 fully saturated rings. The van der Waals surface area contributed by atoms with Gasteiger partial charge in [-0.3, -0.25) is 0 Å². The van der Waals surface area contributed by atoms with Crippen LogP contribution in [-0.2, 0) is 4.79 Å². The van der Waals surface area contributed by atoms with E-state index in [-0.39, 0.29) is 5.54 Å². The lowest BCUT2D eigenvalue weighted by atomic mass is 9.70. The van der Waals surface area contributed by atoms with E-state index in [4.69, 9.17) is 0 Å². The van der Waals surface area contributed by atoms with Gasteiger partial charge in [0.15, 0.2) is 0 Å². The van der Waals surface area contributed by atoms with Gasteiger partial charge >= 0.3 is 0 Å². The van der Waals surface area contributed by atoms with Gasteiger partial charge in [-0.1, -0.05) is 51.4 Å². The van der Waals surface area contributed by atoms with Gasteiger partial charge in [0, 0.05) is 0 Å². The largest absolute Gasteiger partial charge is 0.235 e. The molecule has 2 aliphatic rings. The molecule has 0 N–H and O–H groups in total. The molecule has 0 bridgehead atoms. The number of isocyanates is 1.